The van der Waals surface area contributed by atoms with Gasteiger partial charge in [0, 0.05) is 17.9 Å². The second-order valence-electron chi connectivity index (χ2n) is 9.43. The zero-order chi connectivity index (χ0) is 33.7. The number of rotatable bonds is 12. The maximum atomic E-state index is 12.4. The highest BCUT2D eigenvalue weighted by Crippen LogP contribution is 2.71. The summed E-state index contributed by atoms with van der Waals surface area (Å²) in [5.74, 6) is -0.343. The van der Waals surface area contributed by atoms with Gasteiger partial charge in [0.1, 0.15) is 35.5 Å². The van der Waals surface area contributed by atoms with E-state index in [0.717, 1.165) is 18.2 Å². The number of benzene rings is 1. The molecule has 1 aliphatic heterocycles. The monoisotopic (exact) mass is 729 g/mol. The third kappa shape index (κ3) is 8.14. The van der Waals surface area contributed by atoms with Crippen molar-refractivity contribution in [2.24, 2.45) is 0 Å². The molecule has 0 amide bonds. The lowest BCUT2D eigenvalue weighted by Gasteiger charge is -2.21. The zero-order valence-corrected chi connectivity index (χ0v) is 26.5. The number of hydrogen-bond donors (Lipinski definition) is 6. The van der Waals surface area contributed by atoms with Gasteiger partial charge >= 0.3 is 36.9 Å². The first-order valence-corrected chi connectivity index (χ1v) is 18.4. The lowest BCUT2D eigenvalue weighted by Crippen LogP contribution is -2.26. The van der Waals surface area contributed by atoms with Crippen molar-refractivity contribution in [1.82, 2.24) is 19.5 Å². The summed E-state index contributed by atoms with van der Waals surface area (Å²) in [6.45, 7) is 0.614. The van der Waals surface area contributed by atoms with Crippen molar-refractivity contribution in [2.75, 3.05) is 12.3 Å². The van der Waals surface area contributed by atoms with Crippen LogP contribution in [0, 0.1) is 6.92 Å². The molecule has 1 aliphatic rings. The first-order chi connectivity index (χ1) is 21.3. The highest BCUT2D eigenvalue weighted by atomic mass is 31.3. The van der Waals surface area contributed by atoms with Crippen molar-refractivity contribution in [3.05, 3.63) is 52.9 Å². The van der Waals surface area contributed by atoms with Gasteiger partial charge in [-0.2, -0.15) is 12.9 Å². The van der Waals surface area contributed by atoms with E-state index in [1.165, 1.54) is 30.2 Å². The van der Waals surface area contributed by atoms with E-state index in [-0.39, 0.29) is 34.4 Å². The number of nitrogen functional groups attached to an aromatic ring is 1. The summed E-state index contributed by atoms with van der Waals surface area (Å²) in [5, 5.41) is 10.6. The van der Waals surface area contributed by atoms with Crippen molar-refractivity contribution in [1.29, 1.82) is 0 Å². The second-order valence-corrected chi connectivity index (χ2v) is 15.6. The Morgan fingerprint density at radius 3 is 2.37 bits per heavy atom. The van der Waals surface area contributed by atoms with Gasteiger partial charge in [0.15, 0.2) is 11.5 Å². The number of aromatic nitrogens is 4. The molecule has 0 spiro atoms. The Balaban J connectivity index is 1.17. The van der Waals surface area contributed by atoms with Gasteiger partial charge in [-0.3, -0.25) is 14.0 Å². The van der Waals surface area contributed by atoms with Crippen LogP contribution in [0.3, 0.4) is 0 Å². The minimum Gasteiger partial charge on any atom is -0.423 e. The van der Waals surface area contributed by atoms with Gasteiger partial charge in [-0.05, 0) is 30.7 Å². The van der Waals surface area contributed by atoms with Gasteiger partial charge in [0.05, 0.1) is 19.0 Å². The van der Waals surface area contributed by atoms with E-state index in [4.69, 9.17) is 14.9 Å². The summed E-state index contributed by atoms with van der Waals surface area (Å²) in [7, 11) is -23.3. The van der Waals surface area contributed by atoms with Crippen LogP contribution < -0.4 is 15.9 Å². The molecule has 5 rings (SSSR count). The van der Waals surface area contributed by atoms with Crippen LogP contribution in [0.25, 0.3) is 22.1 Å². The Morgan fingerprint density at radius 1 is 0.978 bits per heavy atom. The average molecular weight is 729 g/mol. The lowest BCUT2D eigenvalue weighted by atomic mass is 10.1. The standard InChI is InChI=1S/C20H23N5O17P4/c1-10-4-17(27)38-14-3-2-11(5-12(10)14)39-44(30,31)41-46(34,35)42-45(32,33)40-43(28,29)36-7-15-13(26)6-16(37-15)25-9-24-18-19(21)22-8-23-20(18)25/h2-5,8-9,13,15-16,26H,6-7H2,1H3,(H,28,29)(H,30,31)(H,32,33)(H,34,35)(H2,21,22,23)/t13?,15-,16?/m1/s1. The fraction of sp³-hybridized carbons (Fsp3) is 0.300. The topological polar surface area (TPSA) is 325 Å². The molecule has 22 nitrogen and oxygen atoms in total. The normalized spacial score (nSPS) is 23.8. The molecule has 1 aromatic carbocycles. The van der Waals surface area contributed by atoms with Gasteiger partial charge in [-0.25, -0.2) is 38.0 Å². The van der Waals surface area contributed by atoms with Crippen LogP contribution in [0.15, 0.2) is 46.1 Å². The zero-order valence-electron chi connectivity index (χ0n) is 22.9. The van der Waals surface area contributed by atoms with Gasteiger partial charge < -0.3 is 39.2 Å². The van der Waals surface area contributed by atoms with Crippen molar-refractivity contribution in [3.63, 3.8) is 0 Å². The molecule has 26 heteroatoms. The summed E-state index contributed by atoms with van der Waals surface area (Å²) in [4.78, 5) is 62.9. The number of aliphatic hydroxyl groups is 1. The van der Waals surface area contributed by atoms with Gasteiger partial charge in [0.2, 0.25) is 0 Å². The lowest BCUT2D eigenvalue weighted by molar-refractivity contribution is -0.0423. The second kappa shape index (κ2) is 12.6. The fourth-order valence-corrected chi connectivity index (χ4v) is 9.18. The van der Waals surface area contributed by atoms with Crippen LogP contribution in [0.4, 0.5) is 5.82 Å². The molecule has 1 saturated heterocycles. The summed E-state index contributed by atoms with van der Waals surface area (Å²) in [6, 6.07) is 4.46. The number of phosphoric ester groups is 2. The molecule has 0 aliphatic carbocycles. The third-order valence-electron chi connectivity index (χ3n) is 6.06. The fourth-order valence-electron chi connectivity index (χ4n) is 4.23. The average Bonchev–Trinajstić information content (AvgIpc) is 3.49. The Hall–Kier alpha value is -2.90. The van der Waals surface area contributed by atoms with E-state index >= 15 is 0 Å². The molecular formula is C20H23N5O17P4. The molecule has 7 atom stereocenters. The molecule has 6 unspecified atom stereocenters. The first-order valence-electron chi connectivity index (χ1n) is 12.4. The molecule has 4 aromatic rings. The van der Waals surface area contributed by atoms with E-state index in [0.29, 0.717) is 5.56 Å². The first kappa shape index (κ1) is 34.4. The number of phosphoric acid groups is 4. The van der Waals surface area contributed by atoms with E-state index in [1.807, 2.05) is 0 Å². The summed E-state index contributed by atoms with van der Waals surface area (Å²) < 4.78 is 82.2. The number of fused-ring (bicyclic) bond motifs is 2. The molecular weight excluding hydrogens is 706 g/mol. The van der Waals surface area contributed by atoms with Gasteiger partial charge in [-0.15, -0.1) is 0 Å². The maximum Gasteiger partial charge on any atom is 0.536 e. The molecule has 0 bridgehead atoms. The summed E-state index contributed by atoms with van der Waals surface area (Å²) in [6.07, 6.45) is -1.09. The van der Waals surface area contributed by atoms with Crippen LogP contribution in [0.5, 0.6) is 5.75 Å². The van der Waals surface area contributed by atoms with Crippen molar-refractivity contribution >= 4 is 59.2 Å². The van der Waals surface area contributed by atoms with E-state index in [2.05, 4.69) is 36.9 Å². The maximum absolute atomic E-state index is 12.4. The van der Waals surface area contributed by atoms with Gasteiger partial charge in [-0.1, -0.05) is 0 Å². The Morgan fingerprint density at radius 2 is 1.65 bits per heavy atom. The Bertz CT molecular complexity index is 2050. The van der Waals surface area contributed by atoms with Gasteiger partial charge in [0.25, 0.3) is 0 Å². The molecule has 4 heterocycles. The SMILES string of the molecule is Cc1cc(=O)oc2ccc(OP(=O)(O)OP(=O)(O)OP(=O)(O)OP(=O)(O)OC[C@H]3OC(n4cnc5c(N)ncnc54)CC3O)cc12. The van der Waals surface area contributed by atoms with Crippen LogP contribution in [0.2, 0.25) is 0 Å². The molecule has 7 N–H and O–H groups in total. The molecule has 1 fully saturated rings. The van der Waals surface area contributed by atoms with Crippen LogP contribution in [0.1, 0.15) is 18.2 Å². The van der Waals surface area contributed by atoms with E-state index in [1.54, 1.807) is 0 Å². The minimum absolute atomic E-state index is 0.0783. The Labute approximate surface area is 255 Å². The van der Waals surface area contributed by atoms with Crippen LogP contribution in [-0.2, 0) is 40.5 Å². The summed E-state index contributed by atoms with van der Waals surface area (Å²) in [5.41, 5.74) is 6.06. The minimum atomic E-state index is -6.06. The highest BCUT2D eigenvalue weighted by molar-refractivity contribution is 7.69. The van der Waals surface area contributed by atoms with Crippen LogP contribution in [-0.4, -0.2) is 63.0 Å². The largest absolute Gasteiger partial charge is 0.536 e. The molecule has 250 valence electrons. The van der Waals surface area contributed by atoms with Crippen LogP contribution >= 0.6 is 31.3 Å². The number of ether oxygens (including phenoxy) is 1. The predicted molar refractivity (Wildman–Crippen MR) is 151 cm³/mol. The predicted octanol–water partition coefficient (Wildman–Crippen LogP) is 2.02. The number of nitrogens with zero attached hydrogens (tertiary/aromatic N) is 4. The van der Waals surface area contributed by atoms with E-state index < -0.39 is 67.7 Å². The molecule has 3 aromatic heterocycles. The quantitative estimate of drug-likeness (QED) is 0.0897. The third-order valence-corrected chi connectivity index (χ3v) is 11.9. The molecule has 0 radical (unpaired) electrons. The highest BCUT2D eigenvalue weighted by Gasteiger charge is 2.47. The number of aliphatic hydroxyl groups excluding tert-OH is 1. The molecule has 46 heavy (non-hydrogen) atoms. The number of aryl methyl sites for hydroxylation is 1. The summed E-state index contributed by atoms with van der Waals surface area (Å²) >= 11 is 0. The molecule has 0 saturated carbocycles. The van der Waals surface area contributed by atoms with E-state index in [9.17, 15) is 47.7 Å². The smallest absolute Gasteiger partial charge is 0.423 e. The number of hydrogen-bond acceptors (Lipinski definition) is 17. The Kier molecular flexibility index (Phi) is 9.44. The number of anilines is 1. The van der Waals surface area contributed by atoms with Crippen molar-refractivity contribution < 1.29 is 74.1 Å². The number of nitrogens with two attached hydrogens (primary N) is 1. The number of imidazole rings is 1. The van der Waals surface area contributed by atoms with Crippen molar-refractivity contribution in [2.45, 2.75) is 31.8 Å². The van der Waals surface area contributed by atoms with Crippen molar-refractivity contribution in [3.8, 4) is 5.75 Å².